The van der Waals surface area contributed by atoms with Crippen molar-refractivity contribution < 1.29 is 9.53 Å². The number of nitrogens with zero attached hydrogens (tertiary/aromatic N) is 2. The Hall–Kier alpha value is -1.33. The van der Waals surface area contributed by atoms with Crippen molar-refractivity contribution in [1.29, 1.82) is 0 Å². The Morgan fingerprint density at radius 3 is 2.72 bits per heavy atom. The summed E-state index contributed by atoms with van der Waals surface area (Å²) in [6.07, 6.45) is 1.47. The smallest absolute Gasteiger partial charge is 0.257 e. The van der Waals surface area contributed by atoms with Crippen LogP contribution in [0.3, 0.4) is 0 Å². The summed E-state index contributed by atoms with van der Waals surface area (Å²) in [6.45, 7) is 4.98. The molecule has 1 amide bonds. The van der Waals surface area contributed by atoms with Crippen LogP contribution < -0.4 is 5.73 Å². The maximum Gasteiger partial charge on any atom is 0.257 e. The van der Waals surface area contributed by atoms with Gasteiger partial charge in [0.15, 0.2) is 0 Å². The number of halogens is 1. The molecule has 0 aromatic carbocycles. The van der Waals surface area contributed by atoms with Gasteiger partial charge in [0.1, 0.15) is 5.15 Å². The summed E-state index contributed by atoms with van der Waals surface area (Å²) in [6, 6.07) is 1.56. The second-order valence-corrected chi connectivity index (χ2v) is 4.93. The molecule has 0 saturated carbocycles. The molecule has 1 aromatic heterocycles. The van der Waals surface area contributed by atoms with E-state index in [2.05, 4.69) is 4.98 Å². The lowest BCUT2D eigenvalue weighted by atomic mass is 10.2. The van der Waals surface area contributed by atoms with Crippen LogP contribution in [0.2, 0.25) is 5.15 Å². The summed E-state index contributed by atoms with van der Waals surface area (Å²) in [7, 11) is 0. The maximum atomic E-state index is 12.4. The van der Waals surface area contributed by atoms with Crippen LogP contribution in [0.25, 0.3) is 0 Å². The fourth-order valence-corrected chi connectivity index (χ4v) is 2.31. The van der Waals surface area contributed by atoms with Crippen LogP contribution in [-0.4, -0.2) is 41.1 Å². The highest BCUT2D eigenvalue weighted by molar-refractivity contribution is 6.32. The number of nitrogen functional groups attached to an aromatic ring is 1. The fourth-order valence-electron chi connectivity index (χ4n) is 2.13. The summed E-state index contributed by atoms with van der Waals surface area (Å²) in [5.41, 5.74) is 6.41. The van der Waals surface area contributed by atoms with Crippen molar-refractivity contribution in [3.05, 3.63) is 23.0 Å². The van der Waals surface area contributed by atoms with E-state index in [1.54, 1.807) is 11.0 Å². The third kappa shape index (κ3) is 2.73. The van der Waals surface area contributed by atoms with Gasteiger partial charge >= 0.3 is 0 Å². The monoisotopic (exact) mass is 269 g/mol. The molecule has 5 nitrogen and oxygen atoms in total. The normalized spacial score (nSPS) is 24.1. The van der Waals surface area contributed by atoms with E-state index in [-0.39, 0.29) is 23.3 Å². The van der Waals surface area contributed by atoms with Gasteiger partial charge in [-0.15, -0.1) is 0 Å². The van der Waals surface area contributed by atoms with Gasteiger partial charge in [-0.2, -0.15) is 0 Å². The number of amides is 1. The van der Waals surface area contributed by atoms with Gasteiger partial charge in [0.25, 0.3) is 5.91 Å². The summed E-state index contributed by atoms with van der Waals surface area (Å²) in [5.74, 6) is -0.151. The van der Waals surface area contributed by atoms with E-state index in [1.807, 2.05) is 13.8 Å². The molecule has 1 saturated heterocycles. The Morgan fingerprint density at radius 2 is 2.11 bits per heavy atom. The molecule has 2 atom stereocenters. The summed E-state index contributed by atoms with van der Waals surface area (Å²) >= 11 is 5.94. The molecule has 0 radical (unpaired) electrons. The molecule has 0 bridgehead atoms. The van der Waals surface area contributed by atoms with Gasteiger partial charge in [-0.25, -0.2) is 4.98 Å². The van der Waals surface area contributed by atoms with Crippen LogP contribution in [0.5, 0.6) is 0 Å². The van der Waals surface area contributed by atoms with Crippen LogP contribution in [0.4, 0.5) is 5.69 Å². The maximum absolute atomic E-state index is 12.4. The van der Waals surface area contributed by atoms with E-state index in [9.17, 15) is 4.79 Å². The van der Waals surface area contributed by atoms with Gasteiger partial charge in [-0.1, -0.05) is 11.6 Å². The zero-order valence-corrected chi connectivity index (χ0v) is 11.1. The number of hydrogen-bond acceptors (Lipinski definition) is 4. The van der Waals surface area contributed by atoms with Crippen LogP contribution >= 0.6 is 11.6 Å². The van der Waals surface area contributed by atoms with E-state index in [1.165, 1.54) is 6.20 Å². The number of nitrogens with two attached hydrogens (primary N) is 1. The third-order valence-electron chi connectivity index (χ3n) is 2.80. The number of pyridine rings is 1. The third-order valence-corrected chi connectivity index (χ3v) is 3.10. The molecule has 2 rings (SSSR count). The number of aromatic nitrogens is 1. The lowest BCUT2D eigenvalue weighted by molar-refractivity contribution is -0.0586. The van der Waals surface area contributed by atoms with E-state index < -0.39 is 0 Å². The second kappa shape index (κ2) is 5.12. The Kier molecular flexibility index (Phi) is 3.73. The van der Waals surface area contributed by atoms with Crippen molar-refractivity contribution in [2.45, 2.75) is 26.1 Å². The number of anilines is 1. The standard InChI is InChI=1S/C12H16ClN3O2/c1-7-5-16(6-8(2)18-7)12(17)10-3-9(14)4-15-11(10)13/h3-4,7-8H,5-6,14H2,1-2H3/t7-,8+. The van der Waals surface area contributed by atoms with Gasteiger partial charge in [-0.3, -0.25) is 4.79 Å². The number of ether oxygens (including phenoxy) is 1. The van der Waals surface area contributed by atoms with Crippen molar-refractivity contribution in [3.8, 4) is 0 Å². The first-order valence-electron chi connectivity index (χ1n) is 5.83. The minimum atomic E-state index is -0.151. The minimum Gasteiger partial charge on any atom is -0.397 e. The average Bonchev–Trinajstić information content (AvgIpc) is 2.30. The second-order valence-electron chi connectivity index (χ2n) is 4.57. The van der Waals surface area contributed by atoms with Crippen molar-refractivity contribution in [2.24, 2.45) is 0 Å². The Morgan fingerprint density at radius 1 is 1.50 bits per heavy atom. The molecular formula is C12H16ClN3O2. The largest absolute Gasteiger partial charge is 0.397 e. The quantitative estimate of drug-likeness (QED) is 0.786. The van der Waals surface area contributed by atoms with Crippen LogP contribution in [0.15, 0.2) is 12.3 Å². The van der Waals surface area contributed by atoms with Gasteiger partial charge < -0.3 is 15.4 Å². The molecule has 1 aromatic rings. The van der Waals surface area contributed by atoms with Crippen molar-refractivity contribution >= 4 is 23.2 Å². The molecule has 2 N–H and O–H groups in total. The molecule has 6 heteroatoms. The Bertz CT molecular complexity index is 457. The Labute approximate surface area is 111 Å². The molecule has 1 fully saturated rings. The molecule has 0 unspecified atom stereocenters. The number of hydrogen-bond donors (Lipinski definition) is 1. The topological polar surface area (TPSA) is 68.5 Å². The number of morpholine rings is 1. The molecule has 98 valence electrons. The van der Waals surface area contributed by atoms with E-state index in [0.29, 0.717) is 24.3 Å². The van der Waals surface area contributed by atoms with Crippen molar-refractivity contribution in [2.75, 3.05) is 18.8 Å². The number of rotatable bonds is 1. The average molecular weight is 270 g/mol. The predicted octanol–water partition coefficient (Wildman–Crippen LogP) is 1.57. The molecule has 0 aliphatic carbocycles. The molecule has 2 heterocycles. The van der Waals surface area contributed by atoms with E-state index >= 15 is 0 Å². The Balaban J connectivity index is 2.22. The van der Waals surface area contributed by atoms with Crippen molar-refractivity contribution in [1.82, 2.24) is 9.88 Å². The summed E-state index contributed by atoms with van der Waals surface area (Å²) < 4.78 is 5.59. The van der Waals surface area contributed by atoms with Gasteiger partial charge in [-0.05, 0) is 19.9 Å². The zero-order chi connectivity index (χ0) is 13.3. The highest BCUT2D eigenvalue weighted by Gasteiger charge is 2.28. The minimum absolute atomic E-state index is 0.0190. The molecular weight excluding hydrogens is 254 g/mol. The number of carbonyl (C=O) groups is 1. The highest BCUT2D eigenvalue weighted by Crippen LogP contribution is 2.20. The highest BCUT2D eigenvalue weighted by atomic mass is 35.5. The van der Waals surface area contributed by atoms with Crippen LogP contribution in [0.1, 0.15) is 24.2 Å². The fraction of sp³-hybridized carbons (Fsp3) is 0.500. The number of carbonyl (C=O) groups excluding carboxylic acids is 1. The zero-order valence-electron chi connectivity index (χ0n) is 10.4. The predicted molar refractivity (Wildman–Crippen MR) is 69.6 cm³/mol. The van der Waals surface area contributed by atoms with E-state index in [4.69, 9.17) is 22.1 Å². The molecule has 1 aliphatic heterocycles. The summed E-state index contributed by atoms with van der Waals surface area (Å²) in [4.78, 5) is 18.0. The molecule has 1 aliphatic rings. The van der Waals surface area contributed by atoms with Crippen LogP contribution in [0, 0.1) is 0 Å². The SMILES string of the molecule is C[C@@H]1CN(C(=O)c2cc(N)cnc2Cl)C[C@H](C)O1. The van der Waals surface area contributed by atoms with Gasteiger partial charge in [0, 0.05) is 13.1 Å². The van der Waals surface area contributed by atoms with Crippen LogP contribution in [-0.2, 0) is 4.74 Å². The first kappa shape index (κ1) is 13.1. The molecule has 0 spiro atoms. The first-order valence-corrected chi connectivity index (χ1v) is 6.21. The first-order chi connectivity index (χ1) is 8.47. The molecule has 18 heavy (non-hydrogen) atoms. The van der Waals surface area contributed by atoms with Gasteiger partial charge in [0.2, 0.25) is 0 Å². The van der Waals surface area contributed by atoms with Gasteiger partial charge in [0.05, 0.1) is 29.7 Å². The summed E-state index contributed by atoms with van der Waals surface area (Å²) in [5, 5.41) is 0.181. The lowest BCUT2D eigenvalue weighted by Gasteiger charge is -2.35. The van der Waals surface area contributed by atoms with Crippen molar-refractivity contribution in [3.63, 3.8) is 0 Å². The lowest BCUT2D eigenvalue weighted by Crippen LogP contribution is -2.48. The van der Waals surface area contributed by atoms with E-state index in [0.717, 1.165) is 0 Å².